The number of hydrogen-bond acceptors (Lipinski definition) is 2. The zero-order valence-electron chi connectivity index (χ0n) is 5.60. The maximum atomic E-state index is 5.13. The lowest BCUT2D eigenvalue weighted by Gasteiger charge is -1.91. The van der Waals surface area contributed by atoms with Crippen molar-refractivity contribution in [3.63, 3.8) is 0 Å². The third-order valence-electron chi connectivity index (χ3n) is 1.07. The summed E-state index contributed by atoms with van der Waals surface area (Å²) in [6, 6.07) is 0. The van der Waals surface area contributed by atoms with Crippen molar-refractivity contribution < 1.29 is 6.16 Å². The molecule has 1 N–H and O–H groups in total. The van der Waals surface area contributed by atoms with Crippen LogP contribution in [0.25, 0.3) is 0 Å². The molecule has 0 spiro atoms. The number of hydrogen-bond donors (Lipinski definition) is 1. The second-order valence-corrected chi connectivity index (χ2v) is 1.72. The van der Waals surface area contributed by atoms with Crippen molar-refractivity contribution in [2.75, 3.05) is 26.3 Å². The minimum Gasteiger partial charge on any atom is -0.380 e. The fraction of sp³-hybridized carbons (Fsp3) is 0.714. The van der Waals surface area contributed by atoms with E-state index in [2.05, 4.69) is 18.2 Å². The molecule has 1 heterocycles. The molecule has 0 unspecified atom stereocenters. The summed E-state index contributed by atoms with van der Waals surface area (Å²) in [5.74, 6) is 0. The van der Waals surface area contributed by atoms with Crippen LogP contribution in [0.15, 0.2) is 0 Å². The van der Waals surface area contributed by atoms with E-state index in [0.717, 1.165) is 26.3 Å². The smallest absolute Gasteiger partial charge is 0.0590 e. The normalized spacial score (nSPS) is 18.9. The predicted octanol–water partition coefficient (Wildman–Crippen LogP) is 0.492. The monoisotopic (exact) mass is 129 g/mol. The molecule has 1 aliphatic heterocycles. The summed E-state index contributed by atoms with van der Waals surface area (Å²) in [6.07, 6.45) is 9.17. The Morgan fingerprint density at radius 3 is 2.78 bits per heavy atom. The van der Waals surface area contributed by atoms with E-state index in [1.165, 1.54) is 6.42 Å². The summed E-state index contributed by atoms with van der Waals surface area (Å²) in [4.78, 5) is 0. The van der Waals surface area contributed by atoms with Gasteiger partial charge in [0.1, 0.15) is 0 Å². The largest absolute Gasteiger partial charge is 0.380 e. The number of nitrogens with one attached hydrogen (secondary N) is 1. The van der Waals surface area contributed by atoms with Gasteiger partial charge in [-0.1, -0.05) is 0 Å². The Morgan fingerprint density at radius 2 is 2.00 bits per heavy atom. The lowest BCUT2D eigenvalue weighted by molar-refractivity contribution is 0.151. The molecule has 54 valence electrons. The Balaban J connectivity index is 0. The predicted molar refractivity (Wildman–Crippen MR) is 40.3 cm³/mol. The summed E-state index contributed by atoms with van der Waals surface area (Å²) < 4.78 is 5.13. The van der Waals surface area contributed by atoms with Crippen molar-refractivity contribution in [1.29, 1.82) is 0 Å². The van der Waals surface area contributed by atoms with Gasteiger partial charge in [0.25, 0.3) is 0 Å². The van der Waals surface area contributed by atoms with Crippen molar-refractivity contribution in [2.24, 2.45) is 0 Å². The van der Waals surface area contributed by atoms with E-state index in [-0.39, 0.29) is 1.43 Å². The Morgan fingerprint density at radius 1 is 1.22 bits per heavy atom. The first-order valence-electron chi connectivity index (χ1n) is 3.12. The second-order valence-electron chi connectivity index (χ2n) is 1.72. The third-order valence-corrected chi connectivity index (χ3v) is 1.07. The number of rotatable bonds is 0. The molecular formula is C7H15NO. The van der Waals surface area contributed by atoms with E-state index in [9.17, 15) is 0 Å². The lowest BCUT2D eigenvalue weighted by Crippen LogP contribution is -2.15. The first-order chi connectivity index (χ1) is 4.50. The molecule has 0 aromatic heterocycles. The van der Waals surface area contributed by atoms with Crippen LogP contribution in [-0.2, 0) is 4.74 Å². The Kier molecular flexibility index (Phi) is 7.05. The molecule has 0 bridgehead atoms. The van der Waals surface area contributed by atoms with Crippen LogP contribution in [0.3, 0.4) is 0 Å². The van der Waals surface area contributed by atoms with E-state index >= 15 is 0 Å². The molecule has 1 saturated heterocycles. The van der Waals surface area contributed by atoms with E-state index in [1.54, 1.807) is 0 Å². The Bertz CT molecular complexity index is 55.6. The highest BCUT2D eigenvalue weighted by Crippen LogP contribution is 1.83. The fourth-order valence-electron chi connectivity index (χ4n) is 0.671. The van der Waals surface area contributed by atoms with Crippen LogP contribution in [0.4, 0.5) is 0 Å². The SMILES string of the molecule is C#C.C1CNCCOC1.[HH]. The number of ether oxygens (including phenoxy) is 1. The zero-order valence-corrected chi connectivity index (χ0v) is 5.60. The van der Waals surface area contributed by atoms with Crippen LogP contribution >= 0.6 is 0 Å². The average molecular weight is 129 g/mol. The van der Waals surface area contributed by atoms with Gasteiger partial charge in [0.2, 0.25) is 0 Å². The first-order valence-corrected chi connectivity index (χ1v) is 3.12. The average Bonchev–Trinajstić information content (AvgIpc) is 2.21. The molecule has 1 rings (SSSR count). The molecule has 0 amide bonds. The minimum atomic E-state index is 0. The molecule has 0 atom stereocenters. The molecule has 0 radical (unpaired) electrons. The molecule has 0 aromatic carbocycles. The second kappa shape index (κ2) is 7.48. The molecule has 2 heteroatoms. The topological polar surface area (TPSA) is 21.3 Å². The van der Waals surface area contributed by atoms with Gasteiger partial charge in [0.05, 0.1) is 6.61 Å². The fourth-order valence-corrected chi connectivity index (χ4v) is 0.671. The van der Waals surface area contributed by atoms with Crippen molar-refractivity contribution in [3.05, 3.63) is 0 Å². The zero-order chi connectivity index (χ0) is 6.95. The van der Waals surface area contributed by atoms with Crippen molar-refractivity contribution in [3.8, 4) is 12.8 Å². The van der Waals surface area contributed by atoms with Crippen LogP contribution in [0.2, 0.25) is 0 Å². The molecule has 9 heavy (non-hydrogen) atoms. The van der Waals surface area contributed by atoms with Crippen molar-refractivity contribution in [2.45, 2.75) is 6.42 Å². The van der Waals surface area contributed by atoms with Gasteiger partial charge in [0, 0.05) is 14.6 Å². The molecule has 0 aromatic rings. The Hall–Kier alpha value is -0.520. The minimum absolute atomic E-state index is 0. The summed E-state index contributed by atoms with van der Waals surface area (Å²) in [7, 11) is 0. The molecule has 1 aliphatic rings. The van der Waals surface area contributed by atoms with Crippen molar-refractivity contribution >= 4 is 0 Å². The van der Waals surface area contributed by atoms with Crippen molar-refractivity contribution in [1.82, 2.24) is 5.32 Å². The Labute approximate surface area is 58.1 Å². The van der Waals surface area contributed by atoms with Gasteiger partial charge in [-0.05, 0) is 13.0 Å². The third kappa shape index (κ3) is 5.35. The van der Waals surface area contributed by atoms with Gasteiger partial charge in [-0.15, -0.1) is 12.8 Å². The van der Waals surface area contributed by atoms with E-state index < -0.39 is 0 Å². The summed E-state index contributed by atoms with van der Waals surface area (Å²) in [6.45, 7) is 3.98. The van der Waals surface area contributed by atoms with Gasteiger partial charge in [-0.2, -0.15) is 0 Å². The van der Waals surface area contributed by atoms with Crippen LogP contribution in [0.5, 0.6) is 0 Å². The highest BCUT2D eigenvalue weighted by atomic mass is 16.5. The van der Waals surface area contributed by atoms with Gasteiger partial charge in [-0.3, -0.25) is 0 Å². The van der Waals surface area contributed by atoms with Crippen LogP contribution < -0.4 is 5.32 Å². The van der Waals surface area contributed by atoms with Crippen LogP contribution in [0, 0.1) is 12.8 Å². The lowest BCUT2D eigenvalue weighted by atomic mass is 10.5. The highest BCUT2D eigenvalue weighted by Gasteiger charge is 1.93. The van der Waals surface area contributed by atoms with E-state index in [1.807, 2.05) is 0 Å². The van der Waals surface area contributed by atoms with E-state index in [0.29, 0.717) is 0 Å². The standard InChI is InChI=1S/C5H11NO.C2H2.H2/c1-2-6-3-5-7-4-1;1-2;/h6H,1-5H2;1-2H;1H. The van der Waals surface area contributed by atoms with Crippen LogP contribution in [-0.4, -0.2) is 26.3 Å². The first kappa shape index (κ1) is 8.48. The van der Waals surface area contributed by atoms with Gasteiger partial charge >= 0.3 is 0 Å². The number of terminal acetylenes is 1. The molecule has 1 fully saturated rings. The summed E-state index contributed by atoms with van der Waals surface area (Å²) >= 11 is 0. The quantitative estimate of drug-likeness (QED) is 0.481. The maximum absolute atomic E-state index is 5.13. The van der Waals surface area contributed by atoms with Gasteiger partial charge in [-0.25, -0.2) is 0 Å². The van der Waals surface area contributed by atoms with Gasteiger partial charge < -0.3 is 10.1 Å². The van der Waals surface area contributed by atoms with Crippen LogP contribution in [0.1, 0.15) is 7.85 Å². The van der Waals surface area contributed by atoms with Gasteiger partial charge in [0.15, 0.2) is 0 Å². The maximum Gasteiger partial charge on any atom is 0.0590 e. The van der Waals surface area contributed by atoms with E-state index in [4.69, 9.17) is 4.74 Å². The molecule has 0 saturated carbocycles. The molecular weight excluding hydrogens is 114 g/mol. The molecule has 0 aliphatic carbocycles. The molecule has 2 nitrogen and oxygen atoms in total. The highest BCUT2D eigenvalue weighted by molar-refractivity contribution is 4.50. The summed E-state index contributed by atoms with van der Waals surface area (Å²) in [5.41, 5.74) is 0. The summed E-state index contributed by atoms with van der Waals surface area (Å²) in [5, 5.41) is 3.22.